The first kappa shape index (κ1) is 65.5. The van der Waals surface area contributed by atoms with Crippen LogP contribution in [0.1, 0.15) is 136 Å². The number of amides is 1. The van der Waals surface area contributed by atoms with E-state index in [1.54, 1.807) is 12.2 Å². The smallest absolute Gasteiger partial charge is 0.224 e. The number of nitrogens with one attached hydrogen (secondary N) is 1. The maximum absolute atomic E-state index is 13.2. The minimum absolute atomic E-state index is 0.00767. The highest BCUT2D eigenvalue weighted by atomic mass is 16.8. The number of unbranched alkanes of at least 4 members (excludes halogenated alkanes) is 12. The van der Waals surface area contributed by atoms with Gasteiger partial charge in [-0.05, 0) is 44.9 Å². The summed E-state index contributed by atoms with van der Waals surface area (Å²) in [6, 6.07) is -1.03. The number of hydrogen-bond acceptors (Lipinski definition) is 18. The minimum atomic E-state index is -1.99. The van der Waals surface area contributed by atoms with Gasteiger partial charge in [0.1, 0.15) is 73.2 Å². The maximum atomic E-state index is 13.2. The van der Waals surface area contributed by atoms with Crippen LogP contribution in [0.3, 0.4) is 0 Å². The van der Waals surface area contributed by atoms with E-state index in [1.807, 2.05) is 24.3 Å². The number of aliphatic hydroxyl groups excluding tert-OH is 11. The summed E-state index contributed by atoms with van der Waals surface area (Å²) in [5.74, 6) is -0.407. The van der Waals surface area contributed by atoms with Crippen LogP contribution in [0, 0.1) is 0 Å². The van der Waals surface area contributed by atoms with Crippen molar-refractivity contribution >= 4 is 5.91 Å². The summed E-state index contributed by atoms with van der Waals surface area (Å²) in [7, 11) is 0. The average molecular weight is 1060 g/mol. The van der Waals surface area contributed by atoms with Crippen molar-refractivity contribution in [1.82, 2.24) is 5.32 Å². The highest BCUT2D eigenvalue weighted by Crippen LogP contribution is 2.33. The molecule has 19 nitrogen and oxygen atoms in total. The second-order valence-corrected chi connectivity index (χ2v) is 19.3. The van der Waals surface area contributed by atoms with E-state index in [-0.39, 0.29) is 6.42 Å². The molecular weight excluding hydrogens is 963 g/mol. The van der Waals surface area contributed by atoms with E-state index >= 15 is 0 Å². The van der Waals surface area contributed by atoms with Crippen LogP contribution in [0.15, 0.2) is 72.9 Å². The normalized spacial score (nSPS) is 32.0. The molecule has 0 saturated carbocycles. The molecule has 74 heavy (non-hydrogen) atoms. The zero-order valence-electron chi connectivity index (χ0n) is 43.8. The quantitative estimate of drug-likeness (QED) is 0.0314. The summed E-state index contributed by atoms with van der Waals surface area (Å²) < 4.78 is 34.1. The van der Waals surface area contributed by atoms with Gasteiger partial charge < -0.3 is 89.9 Å². The Morgan fingerprint density at radius 1 is 0.500 bits per heavy atom. The SMILES string of the molecule is CC/C=C\C/C=C\C/C=C\C/C=C\C/C=C\CC(=O)NC(COC1OC(CO)C(OC2OC(CO)C(OC3OC(CO)C(O)C(O)C3O)C(O)C2O)C(O)C1O)C(O)/C=C/CCCCCCCCCCCCCC. The Morgan fingerprint density at radius 2 is 0.919 bits per heavy atom. The largest absolute Gasteiger partial charge is 0.394 e. The zero-order chi connectivity index (χ0) is 54.1. The first-order chi connectivity index (χ1) is 35.8. The predicted octanol–water partition coefficient (Wildman–Crippen LogP) is 3.09. The third-order valence-electron chi connectivity index (χ3n) is 13.3. The average Bonchev–Trinajstić information content (AvgIpc) is 3.40. The zero-order valence-corrected chi connectivity index (χ0v) is 43.8. The fourth-order valence-electron chi connectivity index (χ4n) is 8.78. The second-order valence-electron chi connectivity index (χ2n) is 19.3. The highest BCUT2D eigenvalue weighted by Gasteiger charge is 2.53. The molecule has 0 bridgehead atoms. The fourth-order valence-corrected chi connectivity index (χ4v) is 8.78. The molecule has 3 aliphatic rings. The van der Waals surface area contributed by atoms with Gasteiger partial charge in [-0.15, -0.1) is 0 Å². The van der Waals surface area contributed by atoms with Crippen LogP contribution >= 0.6 is 0 Å². The second kappa shape index (κ2) is 38.7. The van der Waals surface area contributed by atoms with Gasteiger partial charge in [-0.25, -0.2) is 0 Å². The van der Waals surface area contributed by atoms with Crippen LogP contribution in [-0.2, 0) is 33.2 Å². The summed E-state index contributed by atoms with van der Waals surface area (Å²) in [5, 5.41) is 120. The van der Waals surface area contributed by atoms with E-state index < -0.39 is 137 Å². The molecule has 426 valence electrons. The van der Waals surface area contributed by atoms with Crippen molar-refractivity contribution in [2.24, 2.45) is 0 Å². The Hall–Kier alpha value is -2.77. The van der Waals surface area contributed by atoms with Crippen molar-refractivity contribution < 1.29 is 89.4 Å². The van der Waals surface area contributed by atoms with Gasteiger partial charge in [-0.1, -0.05) is 157 Å². The molecule has 12 N–H and O–H groups in total. The van der Waals surface area contributed by atoms with E-state index in [2.05, 4.69) is 55.6 Å². The standard InChI is InChI=1S/C55H93NO18/c1-3-5-7-9-11-13-15-17-19-21-23-25-27-29-31-33-43(61)56-38(39(60)32-30-28-26-24-22-20-18-16-14-12-10-8-6-4-2)37-69-53-49(67)46(64)51(41(35-58)71-53)74-55-50(68)47(65)52(42(36-59)72-55)73-54-48(66)45(63)44(62)40(34-57)70-54/h5,7,11,13,17,19,23,25,29-32,38-42,44-55,57-60,62-68H,3-4,6,8-10,12,14-16,18,20-22,24,26-28,33-37H2,1-2H3,(H,56,61)/b7-5-,13-11-,19-17-,25-23-,31-29-,32-30+. The molecule has 3 fully saturated rings. The van der Waals surface area contributed by atoms with E-state index in [1.165, 1.54) is 57.8 Å². The molecular formula is C55H93NO18. The van der Waals surface area contributed by atoms with Crippen LogP contribution in [-0.4, -0.2) is 193 Å². The number of carbonyl (C=O) groups is 1. The fraction of sp³-hybridized carbons (Fsp3) is 0.764. The summed E-state index contributed by atoms with van der Waals surface area (Å²) in [4.78, 5) is 13.2. The first-order valence-electron chi connectivity index (χ1n) is 27.2. The van der Waals surface area contributed by atoms with Gasteiger partial charge >= 0.3 is 0 Å². The van der Waals surface area contributed by atoms with Crippen molar-refractivity contribution in [2.75, 3.05) is 26.4 Å². The molecule has 3 aliphatic heterocycles. The molecule has 17 atom stereocenters. The Morgan fingerprint density at radius 3 is 1.41 bits per heavy atom. The van der Waals surface area contributed by atoms with Crippen LogP contribution in [0.25, 0.3) is 0 Å². The van der Waals surface area contributed by atoms with E-state index in [0.717, 1.165) is 44.9 Å². The summed E-state index contributed by atoms with van der Waals surface area (Å²) in [6.07, 6.45) is 16.4. The van der Waals surface area contributed by atoms with Crippen molar-refractivity contribution in [2.45, 2.75) is 240 Å². The third-order valence-corrected chi connectivity index (χ3v) is 13.3. The summed E-state index contributed by atoms with van der Waals surface area (Å²) >= 11 is 0. The van der Waals surface area contributed by atoms with E-state index in [4.69, 9.17) is 28.4 Å². The molecule has 17 unspecified atom stereocenters. The lowest BCUT2D eigenvalue weighted by Crippen LogP contribution is -2.66. The lowest BCUT2D eigenvalue weighted by molar-refractivity contribution is -0.379. The van der Waals surface area contributed by atoms with Crippen LogP contribution in [0.4, 0.5) is 0 Å². The number of ether oxygens (including phenoxy) is 6. The van der Waals surface area contributed by atoms with Crippen molar-refractivity contribution in [3.63, 3.8) is 0 Å². The molecule has 0 spiro atoms. The molecule has 0 aliphatic carbocycles. The minimum Gasteiger partial charge on any atom is -0.394 e. The highest BCUT2D eigenvalue weighted by molar-refractivity contribution is 5.77. The maximum Gasteiger partial charge on any atom is 0.224 e. The summed E-state index contributed by atoms with van der Waals surface area (Å²) in [6.45, 7) is 1.49. The van der Waals surface area contributed by atoms with Crippen LogP contribution < -0.4 is 5.32 Å². The Labute approximate surface area is 438 Å². The number of aliphatic hydroxyl groups is 11. The molecule has 3 heterocycles. The van der Waals surface area contributed by atoms with Gasteiger partial charge in [0.25, 0.3) is 0 Å². The third kappa shape index (κ3) is 23.5. The van der Waals surface area contributed by atoms with Gasteiger partial charge in [0.15, 0.2) is 18.9 Å². The lowest BCUT2D eigenvalue weighted by atomic mass is 9.96. The molecule has 19 heteroatoms. The van der Waals surface area contributed by atoms with Crippen molar-refractivity contribution in [3.05, 3.63) is 72.9 Å². The molecule has 0 aromatic carbocycles. The van der Waals surface area contributed by atoms with Gasteiger partial charge in [0.2, 0.25) is 5.91 Å². The van der Waals surface area contributed by atoms with E-state index in [9.17, 15) is 61.0 Å². The topological polar surface area (TPSA) is 307 Å². The first-order valence-corrected chi connectivity index (χ1v) is 27.2. The molecule has 0 aromatic rings. The van der Waals surface area contributed by atoms with Crippen LogP contribution in [0.5, 0.6) is 0 Å². The number of rotatable bonds is 37. The van der Waals surface area contributed by atoms with Gasteiger partial charge in [0.05, 0.1) is 38.6 Å². The van der Waals surface area contributed by atoms with Gasteiger partial charge in [0, 0.05) is 6.42 Å². The number of carbonyl (C=O) groups excluding carboxylic acids is 1. The molecule has 0 radical (unpaired) electrons. The Balaban J connectivity index is 1.58. The monoisotopic (exact) mass is 1060 g/mol. The Kier molecular flexibility index (Phi) is 34.3. The lowest BCUT2D eigenvalue weighted by Gasteiger charge is -2.48. The van der Waals surface area contributed by atoms with Gasteiger partial charge in [-0.3, -0.25) is 4.79 Å². The molecule has 3 rings (SSSR count). The van der Waals surface area contributed by atoms with Gasteiger partial charge in [-0.2, -0.15) is 0 Å². The summed E-state index contributed by atoms with van der Waals surface area (Å²) in [5.41, 5.74) is 0. The molecule has 3 saturated heterocycles. The number of allylic oxidation sites excluding steroid dienone is 10. The molecule has 0 aromatic heterocycles. The van der Waals surface area contributed by atoms with Crippen LogP contribution in [0.2, 0.25) is 0 Å². The molecule has 1 amide bonds. The van der Waals surface area contributed by atoms with E-state index in [0.29, 0.717) is 12.8 Å². The predicted molar refractivity (Wildman–Crippen MR) is 277 cm³/mol. The van der Waals surface area contributed by atoms with Crippen molar-refractivity contribution in [3.8, 4) is 0 Å². The van der Waals surface area contributed by atoms with Crippen molar-refractivity contribution in [1.29, 1.82) is 0 Å². The Bertz CT molecular complexity index is 1640. The number of hydrogen-bond donors (Lipinski definition) is 12.